The quantitative estimate of drug-likeness (QED) is 0.922. The maximum absolute atomic E-state index is 11.7. The third-order valence-electron chi connectivity index (χ3n) is 4.27. The summed E-state index contributed by atoms with van der Waals surface area (Å²) in [5.41, 5.74) is 0.566. The van der Waals surface area contributed by atoms with Gasteiger partial charge >= 0.3 is 0 Å². The minimum Gasteiger partial charge on any atom is -0.388 e. The molecule has 0 aliphatic carbocycles. The van der Waals surface area contributed by atoms with Crippen molar-refractivity contribution < 1.29 is 13.5 Å². The summed E-state index contributed by atoms with van der Waals surface area (Å²) in [5, 5.41) is 10.6. The van der Waals surface area contributed by atoms with Crippen LogP contribution in [0.25, 0.3) is 0 Å². The Kier molecular flexibility index (Phi) is 4.76. The monoisotopic (exact) mass is 311 g/mol. The number of rotatable bonds is 4. The number of nitrogens with zero attached hydrogens (tertiary/aromatic N) is 1. The minimum absolute atomic E-state index is 0.00555. The van der Waals surface area contributed by atoms with Crippen LogP contribution in [0.3, 0.4) is 0 Å². The molecule has 0 bridgehead atoms. The highest BCUT2D eigenvalue weighted by atomic mass is 32.2. The van der Waals surface area contributed by atoms with Gasteiger partial charge in [0.15, 0.2) is 9.84 Å². The highest BCUT2D eigenvalue weighted by molar-refractivity contribution is 7.91. The molecule has 4 nitrogen and oxygen atoms in total. The number of hydrogen-bond acceptors (Lipinski definition) is 4. The highest BCUT2D eigenvalue weighted by Gasteiger charge is 2.35. The van der Waals surface area contributed by atoms with E-state index in [4.69, 9.17) is 0 Å². The molecule has 118 valence electrons. The SMILES string of the molecule is CC1CS(=O)(=O)CCN1CC(C)(C)C(O)c1ccccc1. The smallest absolute Gasteiger partial charge is 0.153 e. The van der Waals surface area contributed by atoms with Gasteiger partial charge in [-0.25, -0.2) is 8.42 Å². The van der Waals surface area contributed by atoms with E-state index in [0.29, 0.717) is 13.1 Å². The maximum Gasteiger partial charge on any atom is 0.153 e. The second-order valence-electron chi connectivity index (χ2n) is 6.74. The highest BCUT2D eigenvalue weighted by Crippen LogP contribution is 2.34. The Balaban J connectivity index is 2.07. The van der Waals surface area contributed by atoms with E-state index in [9.17, 15) is 13.5 Å². The van der Waals surface area contributed by atoms with Crippen molar-refractivity contribution >= 4 is 9.84 Å². The molecule has 2 rings (SSSR count). The number of hydrogen-bond donors (Lipinski definition) is 1. The lowest BCUT2D eigenvalue weighted by Gasteiger charge is -2.41. The fraction of sp³-hybridized carbons (Fsp3) is 0.625. The maximum atomic E-state index is 11.7. The standard InChI is InChI=1S/C16H25NO3S/c1-13-11-21(19,20)10-9-17(13)12-16(2,3)15(18)14-7-5-4-6-8-14/h4-8,13,15,18H,9-12H2,1-3H3. The summed E-state index contributed by atoms with van der Waals surface area (Å²) in [6.45, 7) is 7.23. The molecule has 1 aliphatic heterocycles. The van der Waals surface area contributed by atoms with E-state index < -0.39 is 15.9 Å². The molecule has 1 N–H and O–H groups in total. The minimum atomic E-state index is -2.90. The molecule has 2 atom stereocenters. The van der Waals surface area contributed by atoms with Crippen LogP contribution < -0.4 is 0 Å². The second kappa shape index (κ2) is 6.07. The van der Waals surface area contributed by atoms with Crippen LogP contribution in [0.4, 0.5) is 0 Å². The number of aliphatic hydroxyl groups is 1. The molecule has 0 spiro atoms. The van der Waals surface area contributed by atoms with Crippen molar-refractivity contribution in [3.05, 3.63) is 35.9 Å². The van der Waals surface area contributed by atoms with E-state index in [-0.39, 0.29) is 23.0 Å². The van der Waals surface area contributed by atoms with Gasteiger partial charge in [-0.1, -0.05) is 44.2 Å². The van der Waals surface area contributed by atoms with Crippen molar-refractivity contribution in [2.45, 2.75) is 32.9 Å². The van der Waals surface area contributed by atoms with Gasteiger partial charge in [0.1, 0.15) is 0 Å². The Bertz CT molecular complexity index is 568. The first-order valence-corrected chi connectivity index (χ1v) is 9.21. The molecule has 1 heterocycles. The van der Waals surface area contributed by atoms with E-state index in [1.807, 2.05) is 51.1 Å². The fourth-order valence-electron chi connectivity index (χ4n) is 2.96. The van der Waals surface area contributed by atoms with Crippen molar-refractivity contribution in [3.63, 3.8) is 0 Å². The zero-order valence-corrected chi connectivity index (χ0v) is 13.8. The molecule has 1 aromatic rings. The summed E-state index contributed by atoms with van der Waals surface area (Å²) in [4.78, 5) is 2.17. The van der Waals surface area contributed by atoms with Crippen molar-refractivity contribution in [3.8, 4) is 0 Å². The third kappa shape index (κ3) is 4.05. The summed E-state index contributed by atoms with van der Waals surface area (Å²) < 4.78 is 23.3. The van der Waals surface area contributed by atoms with E-state index >= 15 is 0 Å². The van der Waals surface area contributed by atoms with Gasteiger partial charge in [-0.2, -0.15) is 0 Å². The van der Waals surface area contributed by atoms with Crippen LogP contribution in [0.2, 0.25) is 0 Å². The predicted octanol–water partition coefficient (Wildman–Crippen LogP) is 1.87. The molecule has 0 radical (unpaired) electrons. The molecule has 0 amide bonds. The lowest BCUT2D eigenvalue weighted by atomic mass is 9.82. The third-order valence-corrected chi connectivity index (χ3v) is 6.07. The molecule has 0 aromatic heterocycles. The van der Waals surface area contributed by atoms with E-state index in [1.54, 1.807) is 0 Å². The largest absolute Gasteiger partial charge is 0.388 e. The van der Waals surface area contributed by atoms with Crippen molar-refractivity contribution in [1.82, 2.24) is 4.90 Å². The zero-order valence-electron chi connectivity index (χ0n) is 13.0. The van der Waals surface area contributed by atoms with Gasteiger partial charge in [-0.05, 0) is 12.5 Å². The first-order valence-electron chi connectivity index (χ1n) is 7.39. The second-order valence-corrected chi connectivity index (χ2v) is 8.96. The Morgan fingerprint density at radius 1 is 1.33 bits per heavy atom. The summed E-state index contributed by atoms with van der Waals surface area (Å²) in [6.07, 6.45) is -0.565. The average Bonchev–Trinajstić information content (AvgIpc) is 2.41. The van der Waals surface area contributed by atoms with Crippen LogP contribution in [0.15, 0.2) is 30.3 Å². The van der Waals surface area contributed by atoms with Gasteiger partial charge < -0.3 is 5.11 Å². The molecule has 0 saturated carbocycles. The predicted molar refractivity (Wildman–Crippen MR) is 84.9 cm³/mol. The Morgan fingerprint density at radius 2 is 1.95 bits per heavy atom. The van der Waals surface area contributed by atoms with Crippen LogP contribution in [0.1, 0.15) is 32.4 Å². The molecule has 5 heteroatoms. The Morgan fingerprint density at radius 3 is 2.52 bits per heavy atom. The first kappa shape index (κ1) is 16.5. The van der Waals surface area contributed by atoms with Gasteiger partial charge in [0.2, 0.25) is 0 Å². The summed E-state index contributed by atoms with van der Waals surface area (Å²) in [6, 6.07) is 9.63. The topological polar surface area (TPSA) is 57.6 Å². The van der Waals surface area contributed by atoms with Crippen molar-refractivity contribution in [2.24, 2.45) is 5.41 Å². The molecule has 1 fully saturated rings. The molecular weight excluding hydrogens is 286 g/mol. The Hall–Kier alpha value is -0.910. The van der Waals surface area contributed by atoms with Gasteiger partial charge in [0, 0.05) is 24.5 Å². The lowest BCUT2D eigenvalue weighted by molar-refractivity contribution is 0.0136. The normalized spacial score (nSPS) is 24.7. The molecule has 1 saturated heterocycles. The number of sulfone groups is 1. The molecule has 1 aliphatic rings. The van der Waals surface area contributed by atoms with Crippen LogP contribution in [-0.4, -0.2) is 49.1 Å². The van der Waals surface area contributed by atoms with E-state index in [1.165, 1.54) is 0 Å². The molecule has 1 aromatic carbocycles. The van der Waals surface area contributed by atoms with E-state index in [2.05, 4.69) is 4.90 Å². The molecule has 21 heavy (non-hydrogen) atoms. The summed E-state index contributed by atoms with van der Waals surface area (Å²) >= 11 is 0. The first-order chi connectivity index (χ1) is 9.71. The van der Waals surface area contributed by atoms with E-state index in [0.717, 1.165) is 5.56 Å². The van der Waals surface area contributed by atoms with Gasteiger partial charge in [0.05, 0.1) is 17.6 Å². The van der Waals surface area contributed by atoms with Crippen LogP contribution in [-0.2, 0) is 9.84 Å². The molecule has 2 unspecified atom stereocenters. The number of benzene rings is 1. The summed E-state index contributed by atoms with van der Waals surface area (Å²) in [7, 11) is -2.90. The van der Waals surface area contributed by atoms with Crippen LogP contribution in [0.5, 0.6) is 0 Å². The Labute approximate surface area is 127 Å². The van der Waals surface area contributed by atoms with Gasteiger partial charge in [0.25, 0.3) is 0 Å². The summed E-state index contributed by atoms with van der Waals surface area (Å²) in [5.74, 6) is 0.430. The zero-order chi connectivity index (χ0) is 15.7. The number of aliphatic hydroxyl groups excluding tert-OH is 1. The fourth-order valence-corrected chi connectivity index (χ4v) is 4.59. The van der Waals surface area contributed by atoms with Crippen LogP contribution >= 0.6 is 0 Å². The van der Waals surface area contributed by atoms with Gasteiger partial charge in [-0.15, -0.1) is 0 Å². The van der Waals surface area contributed by atoms with Gasteiger partial charge in [-0.3, -0.25) is 4.90 Å². The molecular formula is C16H25NO3S. The van der Waals surface area contributed by atoms with Crippen molar-refractivity contribution in [1.29, 1.82) is 0 Å². The van der Waals surface area contributed by atoms with Crippen molar-refractivity contribution in [2.75, 3.05) is 24.6 Å². The average molecular weight is 311 g/mol. The lowest BCUT2D eigenvalue weighted by Crippen LogP contribution is -2.51. The van der Waals surface area contributed by atoms with Crippen LogP contribution in [0, 0.1) is 5.41 Å².